The van der Waals surface area contributed by atoms with Crippen LogP contribution in [0.25, 0.3) is 0 Å². The number of esters is 1. The number of nitrogens with zero attached hydrogens (tertiary/aromatic N) is 1. The Morgan fingerprint density at radius 1 is 1.44 bits per heavy atom. The lowest BCUT2D eigenvalue weighted by molar-refractivity contribution is 0.0525. The van der Waals surface area contributed by atoms with Crippen LogP contribution in [0.1, 0.15) is 47.3 Å². The highest BCUT2D eigenvalue weighted by Gasteiger charge is 2.20. The maximum atomic E-state index is 12.9. The molecule has 1 aromatic carbocycles. The standard InChI is InChI=1S/C13H13F2NO2/c1-3-8-5-9(13(17)18-4-2)6-10(12(14)15)11(8)7-16/h5-6,12H,3-4H2,1-2H3. The average Bonchev–Trinajstić information content (AvgIpc) is 2.37. The molecule has 5 heteroatoms. The molecule has 0 atom stereocenters. The van der Waals surface area contributed by atoms with Crippen LogP contribution in [0.2, 0.25) is 0 Å². The Kier molecular flexibility index (Phi) is 4.78. The molecule has 96 valence electrons. The number of hydrogen-bond acceptors (Lipinski definition) is 3. The molecule has 0 N–H and O–H groups in total. The van der Waals surface area contributed by atoms with Gasteiger partial charge in [0.2, 0.25) is 0 Å². The second kappa shape index (κ2) is 6.10. The van der Waals surface area contributed by atoms with Gasteiger partial charge in [-0.3, -0.25) is 0 Å². The zero-order chi connectivity index (χ0) is 13.7. The minimum absolute atomic E-state index is 0.0550. The number of benzene rings is 1. The first-order valence-corrected chi connectivity index (χ1v) is 5.57. The molecule has 3 nitrogen and oxygen atoms in total. The molecule has 0 radical (unpaired) electrons. The second-order valence-corrected chi connectivity index (χ2v) is 3.59. The fourth-order valence-corrected chi connectivity index (χ4v) is 1.65. The summed E-state index contributed by atoms with van der Waals surface area (Å²) in [4.78, 5) is 11.5. The number of alkyl halides is 2. The number of halogens is 2. The fraction of sp³-hybridized carbons (Fsp3) is 0.385. The summed E-state index contributed by atoms with van der Waals surface area (Å²) in [6.07, 6.45) is -2.39. The summed E-state index contributed by atoms with van der Waals surface area (Å²) < 4.78 is 30.5. The summed E-state index contributed by atoms with van der Waals surface area (Å²) in [7, 11) is 0. The minimum Gasteiger partial charge on any atom is -0.462 e. The van der Waals surface area contributed by atoms with Crippen molar-refractivity contribution in [3.63, 3.8) is 0 Å². The van der Waals surface area contributed by atoms with Crippen molar-refractivity contribution >= 4 is 5.97 Å². The van der Waals surface area contributed by atoms with Gasteiger partial charge in [0.15, 0.2) is 0 Å². The Labute approximate surface area is 104 Å². The van der Waals surface area contributed by atoms with Crippen molar-refractivity contribution in [3.05, 3.63) is 34.4 Å². The number of hydrogen-bond donors (Lipinski definition) is 0. The molecule has 0 aromatic heterocycles. The van der Waals surface area contributed by atoms with Gasteiger partial charge in [-0.1, -0.05) is 6.92 Å². The van der Waals surface area contributed by atoms with Gasteiger partial charge < -0.3 is 4.74 Å². The zero-order valence-electron chi connectivity index (χ0n) is 10.2. The Bertz CT molecular complexity index is 492. The molecule has 0 fully saturated rings. The predicted molar refractivity (Wildman–Crippen MR) is 61.4 cm³/mol. The topological polar surface area (TPSA) is 50.1 Å². The normalized spacial score (nSPS) is 10.2. The summed E-state index contributed by atoms with van der Waals surface area (Å²) in [5.41, 5.74) is 0.0156. The van der Waals surface area contributed by atoms with Crippen molar-refractivity contribution in [1.29, 1.82) is 5.26 Å². The lowest BCUT2D eigenvalue weighted by Crippen LogP contribution is -2.08. The zero-order valence-corrected chi connectivity index (χ0v) is 10.2. The van der Waals surface area contributed by atoms with Crippen molar-refractivity contribution in [1.82, 2.24) is 0 Å². The van der Waals surface area contributed by atoms with E-state index in [2.05, 4.69) is 0 Å². The molecular weight excluding hydrogens is 240 g/mol. The summed E-state index contributed by atoms with van der Waals surface area (Å²) in [5.74, 6) is -0.654. The van der Waals surface area contributed by atoms with E-state index in [0.29, 0.717) is 12.0 Å². The van der Waals surface area contributed by atoms with Crippen molar-refractivity contribution in [3.8, 4) is 6.07 Å². The molecule has 0 aliphatic heterocycles. The first-order chi connectivity index (χ1) is 8.54. The summed E-state index contributed by atoms with van der Waals surface area (Å²) in [6.45, 7) is 3.54. The van der Waals surface area contributed by atoms with Crippen LogP contribution in [-0.2, 0) is 11.2 Å². The third-order valence-corrected chi connectivity index (χ3v) is 2.49. The Morgan fingerprint density at radius 2 is 2.11 bits per heavy atom. The van der Waals surface area contributed by atoms with E-state index in [1.165, 1.54) is 6.07 Å². The van der Waals surface area contributed by atoms with Gasteiger partial charge in [-0.25, -0.2) is 13.6 Å². The maximum Gasteiger partial charge on any atom is 0.338 e. The second-order valence-electron chi connectivity index (χ2n) is 3.59. The van der Waals surface area contributed by atoms with E-state index in [4.69, 9.17) is 10.00 Å². The quantitative estimate of drug-likeness (QED) is 0.774. The van der Waals surface area contributed by atoms with Crippen molar-refractivity contribution in [2.45, 2.75) is 26.7 Å². The van der Waals surface area contributed by atoms with Gasteiger partial charge in [0, 0.05) is 5.56 Å². The first-order valence-electron chi connectivity index (χ1n) is 5.57. The minimum atomic E-state index is -2.79. The first kappa shape index (κ1) is 14.1. The number of aryl methyl sites for hydroxylation is 1. The summed E-state index contributed by atoms with van der Waals surface area (Å²) in [6, 6.07) is 4.22. The van der Waals surface area contributed by atoms with Crippen LogP contribution in [0.4, 0.5) is 8.78 Å². The molecule has 0 bridgehead atoms. The van der Waals surface area contributed by atoms with Gasteiger partial charge in [-0.05, 0) is 31.0 Å². The number of carbonyl (C=O) groups is 1. The van der Waals surface area contributed by atoms with E-state index in [-0.39, 0.29) is 17.7 Å². The van der Waals surface area contributed by atoms with Crippen LogP contribution in [0.15, 0.2) is 12.1 Å². The van der Waals surface area contributed by atoms with Gasteiger partial charge in [0.25, 0.3) is 6.43 Å². The third-order valence-electron chi connectivity index (χ3n) is 2.49. The third kappa shape index (κ3) is 2.83. The Balaban J connectivity index is 3.37. The smallest absolute Gasteiger partial charge is 0.338 e. The van der Waals surface area contributed by atoms with Crippen molar-refractivity contribution < 1.29 is 18.3 Å². The molecule has 0 spiro atoms. The van der Waals surface area contributed by atoms with Gasteiger partial charge >= 0.3 is 5.97 Å². The van der Waals surface area contributed by atoms with E-state index in [1.807, 2.05) is 0 Å². The summed E-state index contributed by atoms with van der Waals surface area (Å²) >= 11 is 0. The van der Waals surface area contributed by atoms with Crippen LogP contribution in [0, 0.1) is 11.3 Å². The molecular formula is C13H13F2NO2. The monoisotopic (exact) mass is 253 g/mol. The number of ether oxygens (including phenoxy) is 1. The molecule has 0 aliphatic rings. The fourth-order valence-electron chi connectivity index (χ4n) is 1.65. The number of carbonyl (C=O) groups excluding carboxylic acids is 1. The number of rotatable bonds is 4. The highest BCUT2D eigenvalue weighted by molar-refractivity contribution is 5.90. The van der Waals surface area contributed by atoms with E-state index < -0.39 is 18.0 Å². The van der Waals surface area contributed by atoms with Gasteiger partial charge in [-0.15, -0.1) is 0 Å². The van der Waals surface area contributed by atoms with E-state index in [1.54, 1.807) is 19.9 Å². The van der Waals surface area contributed by atoms with Gasteiger partial charge in [0.05, 0.1) is 23.8 Å². The molecule has 1 aromatic rings. The van der Waals surface area contributed by atoms with Crippen molar-refractivity contribution in [2.75, 3.05) is 6.61 Å². The lowest BCUT2D eigenvalue weighted by atomic mass is 9.97. The van der Waals surface area contributed by atoms with Crippen molar-refractivity contribution in [2.24, 2.45) is 0 Å². The highest BCUT2D eigenvalue weighted by Crippen LogP contribution is 2.27. The largest absolute Gasteiger partial charge is 0.462 e. The Hall–Kier alpha value is -1.96. The van der Waals surface area contributed by atoms with Gasteiger partial charge in [0.1, 0.15) is 0 Å². The summed E-state index contributed by atoms with van der Waals surface area (Å²) in [5, 5.41) is 8.91. The molecule has 0 heterocycles. The van der Waals surface area contributed by atoms with E-state index >= 15 is 0 Å². The average molecular weight is 253 g/mol. The maximum absolute atomic E-state index is 12.9. The van der Waals surface area contributed by atoms with Crippen LogP contribution in [0.3, 0.4) is 0 Å². The SMILES string of the molecule is CCOC(=O)c1cc(CC)c(C#N)c(C(F)F)c1. The molecule has 0 aliphatic carbocycles. The molecule has 0 amide bonds. The van der Waals surface area contributed by atoms with E-state index in [0.717, 1.165) is 6.07 Å². The lowest BCUT2D eigenvalue weighted by Gasteiger charge is -2.10. The van der Waals surface area contributed by atoms with Gasteiger partial charge in [-0.2, -0.15) is 5.26 Å². The van der Waals surface area contributed by atoms with Crippen LogP contribution >= 0.6 is 0 Å². The van der Waals surface area contributed by atoms with Crippen LogP contribution in [-0.4, -0.2) is 12.6 Å². The molecule has 1 rings (SSSR count). The highest BCUT2D eigenvalue weighted by atomic mass is 19.3. The molecule has 0 unspecified atom stereocenters. The molecule has 18 heavy (non-hydrogen) atoms. The number of nitriles is 1. The molecule has 0 saturated heterocycles. The Morgan fingerprint density at radius 3 is 2.56 bits per heavy atom. The predicted octanol–water partition coefficient (Wildman–Crippen LogP) is 3.23. The van der Waals surface area contributed by atoms with Crippen LogP contribution < -0.4 is 0 Å². The molecule has 0 saturated carbocycles. The van der Waals surface area contributed by atoms with Crippen LogP contribution in [0.5, 0.6) is 0 Å². The van der Waals surface area contributed by atoms with E-state index in [9.17, 15) is 13.6 Å².